The standard InChI is InChI=1S/C33H33FN8O/c1-41(2)20-21-13-23(19-35-18-21)28-5-6-29-31(37-28)32(40-39-29)30-17-27-26(7-8-36-33(27)38-30)22-14-24(34)16-25(15-22)43-12-11-42-9-3-4-10-42/h5-8,13-19H,3-4,9-12,20H2,1-2H3,(H,36,38)(H,39,40). The number of aromatic amines is 2. The van der Waals surface area contributed by atoms with Crippen molar-refractivity contribution in [3.8, 4) is 39.5 Å². The molecule has 10 heteroatoms. The molecule has 0 amide bonds. The molecule has 1 fully saturated rings. The van der Waals surface area contributed by atoms with Crippen LogP contribution in [0.25, 0.3) is 55.8 Å². The van der Waals surface area contributed by atoms with Gasteiger partial charge in [0.15, 0.2) is 0 Å². The lowest BCUT2D eigenvalue weighted by Gasteiger charge is -2.15. The molecular weight excluding hydrogens is 543 g/mol. The van der Waals surface area contributed by atoms with Crippen molar-refractivity contribution in [1.29, 1.82) is 0 Å². The first-order valence-corrected chi connectivity index (χ1v) is 14.6. The van der Waals surface area contributed by atoms with Gasteiger partial charge < -0.3 is 14.6 Å². The van der Waals surface area contributed by atoms with Crippen molar-refractivity contribution < 1.29 is 9.13 Å². The number of pyridine rings is 3. The predicted molar refractivity (Wildman–Crippen MR) is 166 cm³/mol. The van der Waals surface area contributed by atoms with Crippen LogP contribution in [0.5, 0.6) is 5.75 Å². The van der Waals surface area contributed by atoms with Crippen molar-refractivity contribution in [1.82, 2.24) is 39.9 Å². The average molecular weight is 577 g/mol. The second-order valence-electron chi connectivity index (χ2n) is 11.4. The number of fused-ring (bicyclic) bond motifs is 2. The number of H-pyrrole nitrogens is 2. The summed E-state index contributed by atoms with van der Waals surface area (Å²) in [6, 6.07) is 14.8. The molecule has 0 unspecified atom stereocenters. The van der Waals surface area contributed by atoms with Gasteiger partial charge in [-0.2, -0.15) is 5.10 Å². The predicted octanol–water partition coefficient (Wildman–Crippen LogP) is 5.91. The van der Waals surface area contributed by atoms with E-state index in [1.54, 1.807) is 6.20 Å². The minimum atomic E-state index is -0.339. The van der Waals surface area contributed by atoms with Gasteiger partial charge >= 0.3 is 0 Å². The normalized spacial score (nSPS) is 14.0. The Kier molecular flexibility index (Phi) is 7.30. The molecule has 0 radical (unpaired) electrons. The summed E-state index contributed by atoms with van der Waals surface area (Å²) in [7, 11) is 4.07. The zero-order valence-corrected chi connectivity index (χ0v) is 24.3. The largest absolute Gasteiger partial charge is 0.492 e. The quantitative estimate of drug-likeness (QED) is 0.221. The number of nitrogens with one attached hydrogen (secondary N) is 2. The van der Waals surface area contributed by atoms with Gasteiger partial charge in [0.05, 0.1) is 16.9 Å². The molecule has 5 aromatic heterocycles. The van der Waals surface area contributed by atoms with Crippen LogP contribution in [0.4, 0.5) is 4.39 Å². The van der Waals surface area contributed by atoms with Crippen LogP contribution in [0.2, 0.25) is 0 Å². The van der Waals surface area contributed by atoms with Crippen LogP contribution in [0.15, 0.2) is 67.1 Å². The lowest BCUT2D eigenvalue weighted by molar-refractivity contribution is 0.237. The number of aromatic nitrogens is 6. The summed E-state index contributed by atoms with van der Waals surface area (Å²) in [5.74, 6) is 0.183. The third-order valence-corrected chi connectivity index (χ3v) is 7.84. The number of benzene rings is 1. The van der Waals surface area contributed by atoms with E-state index < -0.39 is 0 Å². The summed E-state index contributed by atoms with van der Waals surface area (Å²) in [5.41, 5.74) is 8.15. The molecule has 0 atom stereocenters. The summed E-state index contributed by atoms with van der Waals surface area (Å²) in [5, 5.41) is 8.56. The van der Waals surface area contributed by atoms with Crippen molar-refractivity contribution in [3.05, 3.63) is 78.5 Å². The molecule has 1 aromatic carbocycles. The molecule has 0 bridgehead atoms. The van der Waals surface area contributed by atoms with Gasteiger partial charge in [-0.25, -0.2) is 14.4 Å². The Hall–Kier alpha value is -4.67. The maximum atomic E-state index is 14.8. The summed E-state index contributed by atoms with van der Waals surface area (Å²) in [6.07, 6.45) is 7.89. The highest BCUT2D eigenvalue weighted by atomic mass is 19.1. The molecule has 1 aliphatic heterocycles. The van der Waals surface area contributed by atoms with Gasteiger partial charge in [0.25, 0.3) is 0 Å². The van der Waals surface area contributed by atoms with E-state index in [0.717, 1.165) is 76.2 Å². The lowest BCUT2D eigenvalue weighted by Crippen LogP contribution is -2.25. The highest BCUT2D eigenvalue weighted by Crippen LogP contribution is 2.35. The Labute approximate surface area is 248 Å². The highest BCUT2D eigenvalue weighted by Gasteiger charge is 2.17. The first kappa shape index (κ1) is 27.2. The Morgan fingerprint density at radius 1 is 1.00 bits per heavy atom. The Bertz CT molecular complexity index is 1910. The molecule has 0 aliphatic carbocycles. The second-order valence-corrected chi connectivity index (χ2v) is 11.4. The van der Waals surface area contributed by atoms with Crippen LogP contribution < -0.4 is 4.74 Å². The van der Waals surface area contributed by atoms with E-state index in [2.05, 4.69) is 41.0 Å². The van der Waals surface area contributed by atoms with Gasteiger partial charge in [-0.05, 0) is 99.2 Å². The lowest BCUT2D eigenvalue weighted by atomic mass is 10.0. The minimum Gasteiger partial charge on any atom is -0.492 e. The first-order valence-electron chi connectivity index (χ1n) is 14.6. The van der Waals surface area contributed by atoms with Gasteiger partial charge in [0.1, 0.15) is 35.0 Å². The van der Waals surface area contributed by atoms with E-state index in [4.69, 9.17) is 9.72 Å². The average Bonchev–Trinajstić information content (AvgIpc) is 3.76. The van der Waals surface area contributed by atoms with E-state index in [1.807, 2.05) is 56.8 Å². The van der Waals surface area contributed by atoms with E-state index in [1.165, 1.54) is 25.0 Å². The maximum Gasteiger partial charge on any atom is 0.138 e. The number of ether oxygens (including phenoxy) is 1. The number of hydrogen-bond acceptors (Lipinski definition) is 7. The van der Waals surface area contributed by atoms with Gasteiger partial charge in [0, 0.05) is 48.7 Å². The summed E-state index contributed by atoms with van der Waals surface area (Å²) < 4.78 is 20.7. The van der Waals surface area contributed by atoms with E-state index in [-0.39, 0.29) is 5.82 Å². The molecular formula is C33H33FN8O. The third-order valence-electron chi connectivity index (χ3n) is 7.84. The van der Waals surface area contributed by atoms with Gasteiger partial charge in [-0.15, -0.1) is 0 Å². The van der Waals surface area contributed by atoms with E-state index in [0.29, 0.717) is 23.7 Å². The SMILES string of the molecule is CN(C)Cc1cncc(-c2ccc3[nH]nc(-c4cc5c(-c6cc(F)cc(OCCN7CCCC7)c6)ccnc5[nH]4)c3n2)c1. The topological polar surface area (TPSA) is 98.9 Å². The zero-order chi connectivity index (χ0) is 29.3. The first-order chi connectivity index (χ1) is 21.0. The van der Waals surface area contributed by atoms with Crippen LogP contribution >= 0.6 is 0 Å². The van der Waals surface area contributed by atoms with Crippen LogP contribution in [-0.4, -0.2) is 80.3 Å². The van der Waals surface area contributed by atoms with Crippen LogP contribution in [0, 0.1) is 5.82 Å². The van der Waals surface area contributed by atoms with Crippen molar-refractivity contribution in [2.75, 3.05) is 40.3 Å². The molecule has 2 N–H and O–H groups in total. The fraction of sp³-hybridized carbons (Fsp3) is 0.273. The van der Waals surface area contributed by atoms with Crippen molar-refractivity contribution in [2.45, 2.75) is 19.4 Å². The van der Waals surface area contributed by atoms with Crippen molar-refractivity contribution >= 4 is 22.1 Å². The highest BCUT2D eigenvalue weighted by molar-refractivity contribution is 5.99. The Morgan fingerprint density at radius 2 is 1.88 bits per heavy atom. The van der Waals surface area contributed by atoms with Crippen LogP contribution in [0.3, 0.4) is 0 Å². The maximum absolute atomic E-state index is 14.8. The molecule has 0 saturated carbocycles. The smallest absolute Gasteiger partial charge is 0.138 e. The van der Waals surface area contributed by atoms with Gasteiger partial charge in [-0.3, -0.25) is 15.0 Å². The second kappa shape index (κ2) is 11.5. The Morgan fingerprint density at radius 3 is 2.74 bits per heavy atom. The molecule has 0 spiro atoms. The third kappa shape index (κ3) is 5.71. The van der Waals surface area contributed by atoms with E-state index >= 15 is 0 Å². The Balaban J connectivity index is 1.21. The molecule has 1 saturated heterocycles. The molecule has 6 aromatic rings. The number of likely N-dealkylation sites (tertiary alicyclic amines) is 1. The molecule has 1 aliphatic rings. The number of nitrogens with zero attached hydrogens (tertiary/aromatic N) is 6. The summed E-state index contributed by atoms with van der Waals surface area (Å²) in [6.45, 7) is 4.37. The van der Waals surface area contributed by atoms with Gasteiger partial charge in [0.2, 0.25) is 0 Å². The fourth-order valence-corrected chi connectivity index (χ4v) is 5.83. The number of hydrogen-bond donors (Lipinski definition) is 2. The van der Waals surface area contributed by atoms with E-state index in [9.17, 15) is 4.39 Å². The number of halogens is 1. The molecule has 6 heterocycles. The molecule has 7 rings (SSSR count). The molecule has 43 heavy (non-hydrogen) atoms. The molecule has 9 nitrogen and oxygen atoms in total. The van der Waals surface area contributed by atoms with Crippen molar-refractivity contribution in [2.24, 2.45) is 0 Å². The monoisotopic (exact) mass is 576 g/mol. The van der Waals surface area contributed by atoms with Crippen LogP contribution in [-0.2, 0) is 6.54 Å². The van der Waals surface area contributed by atoms with Crippen molar-refractivity contribution in [3.63, 3.8) is 0 Å². The van der Waals surface area contributed by atoms with Gasteiger partial charge in [-0.1, -0.05) is 0 Å². The fourth-order valence-electron chi connectivity index (χ4n) is 5.83. The molecule has 218 valence electrons. The minimum absolute atomic E-state index is 0.339. The summed E-state index contributed by atoms with van der Waals surface area (Å²) >= 11 is 0. The zero-order valence-electron chi connectivity index (χ0n) is 24.3. The van der Waals surface area contributed by atoms with Crippen LogP contribution in [0.1, 0.15) is 18.4 Å². The summed E-state index contributed by atoms with van der Waals surface area (Å²) in [4.78, 5) is 21.9. The number of rotatable bonds is 9.